The average Bonchev–Trinajstić information content (AvgIpc) is 3.16. The molecule has 2 aromatic carbocycles. The van der Waals surface area contributed by atoms with Gasteiger partial charge in [-0.1, -0.05) is 48.5 Å². The Morgan fingerprint density at radius 2 is 1.77 bits per heavy atom. The smallest absolute Gasteiger partial charge is 0.274 e. The fraction of sp³-hybridized carbons (Fsp3) is 0.238. The standard InChI is InChI=1S/C21H23N3O2/c1-24(14-8-11-17-9-4-2-5-10-17)21(25)20-15-18(22-23-20)16-26-19-12-6-3-7-13-19/h2-7,9-10,12-13,15H,8,11,14,16H2,1H3,(H,22,23). The van der Waals surface area contributed by atoms with Gasteiger partial charge < -0.3 is 9.64 Å². The van der Waals surface area contributed by atoms with Crippen LogP contribution in [0.2, 0.25) is 0 Å². The largest absolute Gasteiger partial charge is 0.487 e. The van der Waals surface area contributed by atoms with Crippen LogP contribution in [0.5, 0.6) is 5.75 Å². The number of benzene rings is 2. The molecule has 0 aliphatic carbocycles. The van der Waals surface area contributed by atoms with Crippen LogP contribution in [0.1, 0.15) is 28.2 Å². The van der Waals surface area contributed by atoms with Crippen molar-refractivity contribution >= 4 is 5.91 Å². The summed E-state index contributed by atoms with van der Waals surface area (Å²) in [4.78, 5) is 14.2. The number of carbonyl (C=O) groups is 1. The van der Waals surface area contributed by atoms with Gasteiger partial charge in [0.15, 0.2) is 5.69 Å². The summed E-state index contributed by atoms with van der Waals surface area (Å²) in [6, 6.07) is 21.6. The van der Waals surface area contributed by atoms with Gasteiger partial charge in [0.25, 0.3) is 5.91 Å². The normalized spacial score (nSPS) is 10.5. The van der Waals surface area contributed by atoms with Crippen LogP contribution < -0.4 is 4.74 Å². The number of hydrogen-bond donors (Lipinski definition) is 1. The van der Waals surface area contributed by atoms with Crippen molar-refractivity contribution in [2.45, 2.75) is 19.4 Å². The van der Waals surface area contributed by atoms with Gasteiger partial charge in [0.05, 0.1) is 5.69 Å². The summed E-state index contributed by atoms with van der Waals surface area (Å²) in [7, 11) is 1.81. The van der Waals surface area contributed by atoms with Crippen LogP contribution in [0.3, 0.4) is 0 Å². The van der Waals surface area contributed by atoms with Gasteiger partial charge in [-0.15, -0.1) is 0 Å². The highest BCUT2D eigenvalue weighted by molar-refractivity contribution is 5.92. The zero-order valence-corrected chi connectivity index (χ0v) is 14.9. The maximum absolute atomic E-state index is 12.5. The van der Waals surface area contributed by atoms with Gasteiger partial charge >= 0.3 is 0 Å². The van der Waals surface area contributed by atoms with Crippen LogP contribution in [0.15, 0.2) is 66.7 Å². The zero-order chi connectivity index (χ0) is 18.2. The molecule has 1 aromatic heterocycles. The molecule has 3 aromatic rings. The minimum Gasteiger partial charge on any atom is -0.487 e. The number of carbonyl (C=O) groups excluding carboxylic acids is 1. The molecule has 3 rings (SSSR count). The first-order valence-corrected chi connectivity index (χ1v) is 8.74. The Morgan fingerprint density at radius 3 is 2.50 bits per heavy atom. The van der Waals surface area contributed by atoms with E-state index in [9.17, 15) is 4.79 Å². The minimum absolute atomic E-state index is 0.0831. The highest BCUT2D eigenvalue weighted by atomic mass is 16.5. The Hall–Kier alpha value is -3.08. The van der Waals surface area contributed by atoms with Crippen molar-refractivity contribution < 1.29 is 9.53 Å². The quantitative estimate of drug-likeness (QED) is 0.675. The number of nitrogens with one attached hydrogen (secondary N) is 1. The maximum atomic E-state index is 12.5. The number of aromatic nitrogens is 2. The number of para-hydroxylation sites is 1. The molecule has 26 heavy (non-hydrogen) atoms. The summed E-state index contributed by atoms with van der Waals surface area (Å²) in [5.41, 5.74) is 2.47. The molecule has 0 saturated carbocycles. The number of rotatable bonds is 8. The molecule has 0 aliphatic rings. The second kappa shape index (κ2) is 8.85. The zero-order valence-electron chi connectivity index (χ0n) is 14.9. The van der Waals surface area contributed by atoms with E-state index in [1.54, 1.807) is 11.0 Å². The first kappa shape index (κ1) is 17.7. The highest BCUT2D eigenvalue weighted by Gasteiger charge is 2.15. The number of hydrogen-bond acceptors (Lipinski definition) is 3. The first-order valence-electron chi connectivity index (χ1n) is 8.74. The van der Waals surface area contributed by atoms with Crippen molar-refractivity contribution in [2.24, 2.45) is 0 Å². The van der Waals surface area contributed by atoms with E-state index < -0.39 is 0 Å². The molecule has 0 radical (unpaired) electrons. The van der Waals surface area contributed by atoms with E-state index in [0.29, 0.717) is 18.8 Å². The van der Waals surface area contributed by atoms with Crippen LogP contribution >= 0.6 is 0 Å². The maximum Gasteiger partial charge on any atom is 0.274 e. The third-order valence-corrected chi connectivity index (χ3v) is 4.14. The van der Waals surface area contributed by atoms with Gasteiger partial charge in [-0.2, -0.15) is 5.10 Å². The molecule has 1 heterocycles. The van der Waals surface area contributed by atoms with Gasteiger partial charge in [0.2, 0.25) is 0 Å². The third kappa shape index (κ3) is 4.96. The minimum atomic E-state index is -0.0831. The van der Waals surface area contributed by atoms with Crippen molar-refractivity contribution in [1.29, 1.82) is 0 Å². The number of ether oxygens (including phenoxy) is 1. The Morgan fingerprint density at radius 1 is 1.08 bits per heavy atom. The molecule has 5 heteroatoms. The lowest BCUT2D eigenvalue weighted by molar-refractivity contribution is 0.0787. The molecular weight excluding hydrogens is 326 g/mol. The predicted octanol–water partition coefficient (Wildman–Crippen LogP) is 3.69. The van der Waals surface area contributed by atoms with Crippen molar-refractivity contribution in [1.82, 2.24) is 15.1 Å². The van der Waals surface area contributed by atoms with E-state index in [2.05, 4.69) is 22.3 Å². The fourth-order valence-corrected chi connectivity index (χ4v) is 2.69. The summed E-state index contributed by atoms with van der Waals surface area (Å²) in [6.45, 7) is 1.04. The lowest BCUT2D eigenvalue weighted by Gasteiger charge is -2.15. The van der Waals surface area contributed by atoms with E-state index in [1.807, 2.05) is 55.6 Å². The van der Waals surface area contributed by atoms with Crippen molar-refractivity contribution in [3.8, 4) is 5.75 Å². The number of H-pyrrole nitrogens is 1. The van der Waals surface area contributed by atoms with E-state index in [1.165, 1.54) is 5.56 Å². The van der Waals surface area contributed by atoms with Crippen molar-refractivity contribution in [2.75, 3.05) is 13.6 Å². The van der Waals surface area contributed by atoms with Gasteiger partial charge in [-0.25, -0.2) is 0 Å². The molecule has 5 nitrogen and oxygen atoms in total. The summed E-state index contributed by atoms with van der Waals surface area (Å²) in [6.07, 6.45) is 1.87. The van der Waals surface area contributed by atoms with Crippen molar-refractivity contribution in [3.05, 3.63) is 83.7 Å². The van der Waals surface area contributed by atoms with E-state index in [4.69, 9.17) is 4.74 Å². The monoisotopic (exact) mass is 349 g/mol. The van der Waals surface area contributed by atoms with Crippen molar-refractivity contribution in [3.63, 3.8) is 0 Å². The van der Waals surface area contributed by atoms with Crippen LogP contribution in [-0.4, -0.2) is 34.6 Å². The molecular formula is C21H23N3O2. The lowest BCUT2D eigenvalue weighted by Crippen LogP contribution is -2.28. The Bertz CT molecular complexity index is 816. The average molecular weight is 349 g/mol. The second-order valence-electron chi connectivity index (χ2n) is 6.20. The molecule has 0 spiro atoms. The van der Waals surface area contributed by atoms with Gasteiger partial charge in [-0.05, 0) is 36.6 Å². The molecule has 0 unspecified atom stereocenters. The highest BCUT2D eigenvalue weighted by Crippen LogP contribution is 2.12. The first-order chi connectivity index (χ1) is 12.7. The molecule has 134 valence electrons. The summed E-state index contributed by atoms with van der Waals surface area (Å²) < 4.78 is 5.66. The Balaban J connectivity index is 1.47. The molecule has 0 saturated heterocycles. The van der Waals surface area contributed by atoms with Gasteiger partial charge in [-0.3, -0.25) is 9.89 Å². The number of aryl methyl sites for hydroxylation is 1. The molecule has 0 aliphatic heterocycles. The summed E-state index contributed by atoms with van der Waals surface area (Å²) in [5.74, 6) is 0.702. The lowest BCUT2D eigenvalue weighted by atomic mass is 10.1. The van der Waals surface area contributed by atoms with E-state index in [0.717, 1.165) is 24.3 Å². The number of aromatic amines is 1. The third-order valence-electron chi connectivity index (χ3n) is 4.14. The van der Waals surface area contributed by atoms with Crippen LogP contribution in [0.25, 0.3) is 0 Å². The van der Waals surface area contributed by atoms with Gasteiger partial charge in [0, 0.05) is 13.6 Å². The summed E-state index contributed by atoms with van der Waals surface area (Å²) in [5, 5.41) is 6.99. The molecule has 0 bridgehead atoms. The van der Waals surface area contributed by atoms with E-state index >= 15 is 0 Å². The van der Waals surface area contributed by atoms with Crippen LogP contribution in [0, 0.1) is 0 Å². The topological polar surface area (TPSA) is 58.2 Å². The van der Waals surface area contributed by atoms with Crippen LogP contribution in [-0.2, 0) is 13.0 Å². The molecule has 1 N–H and O–H groups in total. The summed E-state index contributed by atoms with van der Waals surface area (Å²) >= 11 is 0. The Labute approximate surface area is 153 Å². The Kier molecular flexibility index (Phi) is 6.04. The number of nitrogens with zero attached hydrogens (tertiary/aromatic N) is 2. The fourth-order valence-electron chi connectivity index (χ4n) is 2.69. The number of amides is 1. The molecule has 0 atom stereocenters. The van der Waals surface area contributed by atoms with Crippen LogP contribution in [0.4, 0.5) is 0 Å². The molecule has 1 amide bonds. The van der Waals surface area contributed by atoms with E-state index in [-0.39, 0.29) is 5.91 Å². The second-order valence-corrected chi connectivity index (χ2v) is 6.20. The predicted molar refractivity (Wildman–Crippen MR) is 101 cm³/mol. The SMILES string of the molecule is CN(CCCc1ccccc1)C(=O)c1cc(COc2ccccc2)[nH]n1. The van der Waals surface area contributed by atoms with Gasteiger partial charge in [0.1, 0.15) is 12.4 Å². The molecule has 0 fully saturated rings.